The van der Waals surface area contributed by atoms with E-state index in [4.69, 9.17) is 21.4 Å². The number of benzene rings is 3. The van der Waals surface area contributed by atoms with Gasteiger partial charge >= 0.3 is 0 Å². The van der Waals surface area contributed by atoms with Gasteiger partial charge in [-0.25, -0.2) is 4.68 Å². The predicted molar refractivity (Wildman–Crippen MR) is 140 cm³/mol. The van der Waals surface area contributed by atoms with Crippen LogP contribution in [0.25, 0.3) is 16.9 Å². The van der Waals surface area contributed by atoms with Gasteiger partial charge in [0.15, 0.2) is 0 Å². The van der Waals surface area contributed by atoms with Crippen molar-refractivity contribution in [1.29, 1.82) is 0 Å². The Morgan fingerprint density at radius 1 is 0.886 bits per heavy atom. The molecule has 4 aromatic rings. The second-order valence-corrected chi connectivity index (χ2v) is 9.09. The van der Waals surface area contributed by atoms with Gasteiger partial charge < -0.3 is 14.5 Å². The highest BCUT2D eigenvalue weighted by molar-refractivity contribution is 6.30. The highest BCUT2D eigenvalue weighted by atomic mass is 35.5. The minimum atomic E-state index is -0.0245. The maximum Gasteiger partial charge on any atom is 0.272 e. The van der Waals surface area contributed by atoms with Gasteiger partial charge in [0, 0.05) is 42.5 Å². The zero-order chi connectivity index (χ0) is 24.4. The first-order valence-corrected chi connectivity index (χ1v) is 12.0. The molecule has 1 saturated heterocycles. The zero-order valence-electron chi connectivity index (χ0n) is 19.8. The summed E-state index contributed by atoms with van der Waals surface area (Å²) in [7, 11) is 1.64. The van der Waals surface area contributed by atoms with Crippen molar-refractivity contribution in [2.75, 3.05) is 38.2 Å². The summed E-state index contributed by atoms with van der Waals surface area (Å²) in [6.45, 7) is 4.79. The fourth-order valence-corrected chi connectivity index (χ4v) is 4.51. The summed E-state index contributed by atoms with van der Waals surface area (Å²) in [5, 5.41) is 5.54. The van der Waals surface area contributed by atoms with E-state index in [1.165, 1.54) is 0 Å². The number of carbonyl (C=O) groups excluding carboxylic acids is 1. The van der Waals surface area contributed by atoms with Crippen LogP contribution in [-0.2, 0) is 0 Å². The van der Waals surface area contributed by atoms with Crippen LogP contribution in [0.15, 0.2) is 78.9 Å². The van der Waals surface area contributed by atoms with Crippen LogP contribution in [0, 0.1) is 6.92 Å². The lowest BCUT2D eigenvalue weighted by atomic mass is 10.1. The van der Waals surface area contributed by atoms with E-state index < -0.39 is 0 Å². The van der Waals surface area contributed by atoms with E-state index in [2.05, 4.69) is 11.0 Å². The fraction of sp³-hybridized carbons (Fsp3) is 0.214. The van der Waals surface area contributed by atoms with Crippen molar-refractivity contribution in [2.24, 2.45) is 0 Å². The van der Waals surface area contributed by atoms with Gasteiger partial charge in [-0.15, -0.1) is 0 Å². The Labute approximate surface area is 210 Å². The van der Waals surface area contributed by atoms with Crippen LogP contribution in [0.5, 0.6) is 5.75 Å². The molecule has 6 nitrogen and oxygen atoms in total. The second-order valence-electron chi connectivity index (χ2n) is 8.65. The van der Waals surface area contributed by atoms with Crippen molar-refractivity contribution in [1.82, 2.24) is 14.7 Å². The first-order chi connectivity index (χ1) is 17.0. The normalized spacial score (nSPS) is 13.7. The van der Waals surface area contributed by atoms with Crippen molar-refractivity contribution in [3.05, 3.63) is 95.1 Å². The van der Waals surface area contributed by atoms with E-state index >= 15 is 0 Å². The molecule has 0 unspecified atom stereocenters. The average Bonchev–Trinajstić information content (AvgIpc) is 3.34. The molecule has 1 aliphatic rings. The number of rotatable bonds is 5. The molecular formula is C28H27ClN4O2. The van der Waals surface area contributed by atoms with Crippen LogP contribution in [0.3, 0.4) is 0 Å². The molecule has 0 saturated carbocycles. The Kier molecular flexibility index (Phi) is 6.47. The molecule has 3 aromatic carbocycles. The van der Waals surface area contributed by atoms with E-state index in [-0.39, 0.29) is 5.91 Å². The van der Waals surface area contributed by atoms with Crippen LogP contribution < -0.4 is 9.64 Å². The Bertz CT molecular complexity index is 1320. The van der Waals surface area contributed by atoms with Gasteiger partial charge in [0.25, 0.3) is 5.91 Å². The van der Waals surface area contributed by atoms with Gasteiger partial charge in [-0.2, -0.15) is 5.10 Å². The maximum atomic E-state index is 13.7. The van der Waals surface area contributed by atoms with Crippen LogP contribution in [-0.4, -0.2) is 53.9 Å². The van der Waals surface area contributed by atoms with E-state index in [0.717, 1.165) is 47.0 Å². The third-order valence-corrected chi connectivity index (χ3v) is 6.57. The Morgan fingerprint density at radius 3 is 2.26 bits per heavy atom. The van der Waals surface area contributed by atoms with Gasteiger partial charge in [-0.3, -0.25) is 4.79 Å². The molecule has 0 atom stereocenters. The molecule has 1 amide bonds. The molecule has 7 heteroatoms. The van der Waals surface area contributed by atoms with Gasteiger partial charge in [-0.1, -0.05) is 35.4 Å². The van der Waals surface area contributed by atoms with E-state index in [9.17, 15) is 4.79 Å². The number of methoxy groups -OCH3 is 1. The molecule has 5 rings (SSSR count). The third-order valence-electron chi connectivity index (χ3n) is 6.33. The molecule has 0 aliphatic carbocycles. The molecule has 1 fully saturated rings. The minimum Gasteiger partial charge on any atom is -0.497 e. The van der Waals surface area contributed by atoms with E-state index in [1.807, 2.05) is 84.6 Å². The topological polar surface area (TPSA) is 50.6 Å². The van der Waals surface area contributed by atoms with Crippen molar-refractivity contribution in [3.63, 3.8) is 0 Å². The van der Waals surface area contributed by atoms with Gasteiger partial charge in [0.1, 0.15) is 11.4 Å². The van der Waals surface area contributed by atoms with Crippen LogP contribution >= 0.6 is 11.6 Å². The van der Waals surface area contributed by atoms with E-state index in [1.54, 1.807) is 11.8 Å². The number of hydrogen-bond donors (Lipinski definition) is 0. The van der Waals surface area contributed by atoms with Crippen LogP contribution in [0.1, 0.15) is 16.1 Å². The molecule has 0 spiro atoms. The van der Waals surface area contributed by atoms with Crippen molar-refractivity contribution >= 4 is 23.2 Å². The number of aryl methyl sites for hydroxylation is 1. The molecule has 178 valence electrons. The lowest BCUT2D eigenvalue weighted by Crippen LogP contribution is -2.49. The Morgan fingerprint density at radius 2 is 1.60 bits per heavy atom. The van der Waals surface area contributed by atoms with Crippen LogP contribution in [0.2, 0.25) is 5.02 Å². The molecule has 2 heterocycles. The summed E-state index contributed by atoms with van der Waals surface area (Å²) in [6, 6.07) is 25.5. The first kappa shape index (κ1) is 23.0. The molecule has 0 N–H and O–H groups in total. The predicted octanol–water partition coefficient (Wildman–Crippen LogP) is 5.47. The summed E-state index contributed by atoms with van der Waals surface area (Å²) in [5.41, 5.74) is 5.31. The summed E-state index contributed by atoms with van der Waals surface area (Å²) in [5.74, 6) is 0.754. The number of carbonyl (C=O) groups is 1. The lowest BCUT2D eigenvalue weighted by molar-refractivity contribution is 0.0737. The van der Waals surface area contributed by atoms with Crippen LogP contribution in [0.4, 0.5) is 5.69 Å². The summed E-state index contributed by atoms with van der Waals surface area (Å²) in [4.78, 5) is 17.9. The SMILES string of the molecule is COc1ccc(-c2cc(C(=O)N3CCN(c4cccc(Cl)c4)CC3)n(-c3ccc(C)cc3)n2)cc1. The third kappa shape index (κ3) is 4.88. The monoisotopic (exact) mass is 486 g/mol. The standard InChI is InChI=1S/C28H27ClN4O2/c1-20-6-10-23(11-7-20)33-27(19-26(30-33)21-8-12-25(35-2)13-9-21)28(34)32-16-14-31(15-17-32)24-5-3-4-22(29)18-24/h3-13,18-19H,14-17H2,1-2H3. The number of hydrogen-bond acceptors (Lipinski definition) is 4. The Hall–Kier alpha value is -3.77. The summed E-state index contributed by atoms with van der Waals surface area (Å²) < 4.78 is 7.04. The quantitative estimate of drug-likeness (QED) is 0.375. The molecule has 0 radical (unpaired) electrons. The summed E-state index contributed by atoms with van der Waals surface area (Å²) >= 11 is 6.17. The number of ether oxygens (including phenoxy) is 1. The second kappa shape index (κ2) is 9.84. The lowest BCUT2D eigenvalue weighted by Gasteiger charge is -2.36. The van der Waals surface area contributed by atoms with Gasteiger partial charge in [0.2, 0.25) is 0 Å². The molecule has 0 bridgehead atoms. The largest absolute Gasteiger partial charge is 0.497 e. The van der Waals surface area contributed by atoms with Crippen molar-refractivity contribution < 1.29 is 9.53 Å². The van der Waals surface area contributed by atoms with Crippen molar-refractivity contribution in [3.8, 4) is 22.7 Å². The van der Waals surface area contributed by atoms with E-state index in [0.29, 0.717) is 23.8 Å². The maximum absolute atomic E-state index is 13.7. The summed E-state index contributed by atoms with van der Waals surface area (Å²) in [6.07, 6.45) is 0. The number of anilines is 1. The number of amides is 1. The van der Waals surface area contributed by atoms with Gasteiger partial charge in [-0.05, 0) is 67.6 Å². The molecular weight excluding hydrogens is 460 g/mol. The number of halogens is 1. The average molecular weight is 487 g/mol. The molecule has 1 aliphatic heterocycles. The highest BCUT2D eigenvalue weighted by Gasteiger charge is 2.26. The smallest absolute Gasteiger partial charge is 0.272 e. The number of piperazine rings is 1. The molecule has 35 heavy (non-hydrogen) atoms. The number of nitrogens with zero attached hydrogens (tertiary/aromatic N) is 4. The Balaban J connectivity index is 1.42. The highest BCUT2D eigenvalue weighted by Crippen LogP contribution is 2.26. The first-order valence-electron chi connectivity index (χ1n) is 11.6. The molecule has 1 aromatic heterocycles. The minimum absolute atomic E-state index is 0.0245. The van der Waals surface area contributed by atoms with Crippen molar-refractivity contribution in [2.45, 2.75) is 6.92 Å². The number of aromatic nitrogens is 2. The fourth-order valence-electron chi connectivity index (χ4n) is 4.32. The van der Waals surface area contributed by atoms with Gasteiger partial charge in [0.05, 0.1) is 18.5 Å². The zero-order valence-corrected chi connectivity index (χ0v) is 20.6.